The number of ether oxygens (including phenoxy) is 2. The van der Waals surface area contributed by atoms with Gasteiger partial charge in [0.25, 0.3) is 0 Å². The maximum atomic E-state index is 8.98. The van der Waals surface area contributed by atoms with Gasteiger partial charge in [-0.15, -0.1) is 11.3 Å². The van der Waals surface area contributed by atoms with Crippen LogP contribution in [0, 0.1) is 0 Å². The molecule has 1 aromatic carbocycles. The van der Waals surface area contributed by atoms with Gasteiger partial charge in [0.1, 0.15) is 12.7 Å². The van der Waals surface area contributed by atoms with Gasteiger partial charge in [-0.25, -0.2) is 4.98 Å². The number of para-hydroxylation sites is 2. The first kappa shape index (κ1) is 11.5. The fraction of sp³-hybridized carbons (Fsp3) is 0.308. The van der Waals surface area contributed by atoms with Gasteiger partial charge in [-0.3, -0.25) is 0 Å². The highest BCUT2D eigenvalue weighted by Crippen LogP contribution is 2.31. The summed E-state index contributed by atoms with van der Waals surface area (Å²) >= 11 is 1.54. The molecule has 0 bridgehead atoms. The molecule has 1 aliphatic heterocycles. The predicted octanol–water partition coefficient (Wildman–Crippen LogP) is 2.02. The van der Waals surface area contributed by atoms with Crippen LogP contribution < -0.4 is 9.47 Å². The zero-order valence-corrected chi connectivity index (χ0v) is 10.5. The average molecular weight is 263 g/mol. The van der Waals surface area contributed by atoms with Crippen LogP contribution in [0.25, 0.3) is 0 Å². The lowest BCUT2D eigenvalue weighted by Crippen LogP contribution is -2.31. The van der Waals surface area contributed by atoms with Crippen molar-refractivity contribution in [3.8, 4) is 11.5 Å². The van der Waals surface area contributed by atoms with E-state index in [2.05, 4.69) is 4.98 Å². The molecule has 0 fully saturated rings. The Morgan fingerprint density at radius 2 is 2.17 bits per heavy atom. The molecule has 0 saturated heterocycles. The van der Waals surface area contributed by atoms with Crippen molar-refractivity contribution in [3.63, 3.8) is 0 Å². The van der Waals surface area contributed by atoms with E-state index in [-0.39, 0.29) is 12.7 Å². The Hall–Kier alpha value is -1.59. The number of benzene rings is 1. The molecule has 18 heavy (non-hydrogen) atoms. The highest BCUT2D eigenvalue weighted by Gasteiger charge is 2.21. The SMILES string of the molecule is OCc1csc(CC2COc3ccccc3O2)n1. The lowest BCUT2D eigenvalue weighted by atomic mass is 10.2. The van der Waals surface area contributed by atoms with E-state index in [0.29, 0.717) is 18.7 Å². The third-order valence-electron chi connectivity index (χ3n) is 2.73. The number of thiazole rings is 1. The Labute approximate surface area is 109 Å². The van der Waals surface area contributed by atoms with Gasteiger partial charge in [-0.2, -0.15) is 0 Å². The zero-order valence-electron chi connectivity index (χ0n) is 9.70. The van der Waals surface area contributed by atoms with E-state index in [9.17, 15) is 0 Å². The lowest BCUT2D eigenvalue weighted by Gasteiger charge is -2.25. The molecule has 0 spiro atoms. The van der Waals surface area contributed by atoms with E-state index in [1.807, 2.05) is 29.6 Å². The van der Waals surface area contributed by atoms with Crippen LogP contribution in [0.1, 0.15) is 10.7 Å². The molecule has 4 nitrogen and oxygen atoms in total. The van der Waals surface area contributed by atoms with Crippen molar-refractivity contribution in [1.29, 1.82) is 0 Å². The van der Waals surface area contributed by atoms with Gasteiger partial charge in [-0.05, 0) is 12.1 Å². The molecular formula is C13H13NO3S. The summed E-state index contributed by atoms with van der Waals surface area (Å²) in [4.78, 5) is 4.31. The van der Waals surface area contributed by atoms with Gasteiger partial charge in [0.05, 0.1) is 17.3 Å². The van der Waals surface area contributed by atoms with E-state index in [4.69, 9.17) is 14.6 Å². The third kappa shape index (κ3) is 2.32. The second-order valence-corrected chi connectivity index (χ2v) is 5.04. The highest BCUT2D eigenvalue weighted by molar-refractivity contribution is 7.09. The Bertz CT molecular complexity index is 541. The molecule has 3 rings (SSSR count). The van der Waals surface area contributed by atoms with Crippen molar-refractivity contribution in [1.82, 2.24) is 4.98 Å². The fourth-order valence-electron chi connectivity index (χ4n) is 1.87. The molecule has 1 aliphatic rings. The second-order valence-electron chi connectivity index (χ2n) is 4.09. The van der Waals surface area contributed by atoms with Crippen molar-refractivity contribution >= 4 is 11.3 Å². The number of hydrogen-bond donors (Lipinski definition) is 1. The molecule has 0 amide bonds. The number of aliphatic hydroxyl groups is 1. The Morgan fingerprint density at radius 1 is 1.33 bits per heavy atom. The van der Waals surface area contributed by atoms with Crippen molar-refractivity contribution in [3.05, 3.63) is 40.3 Å². The second kappa shape index (κ2) is 4.96. The maximum Gasteiger partial charge on any atom is 0.161 e. The first-order chi connectivity index (χ1) is 8.85. The van der Waals surface area contributed by atoms with Crippen LogP contribution in [-0.4, -0.2) is 22.8 Å². The molecule has 0 radical (unpaired) electrons. The normalized spacial score (nSPS) is 17.7. The van der Waals surface area contributed by atoms with E-state index < -0.39 is 0 Å². The van der Waals surface area contributed by atoms with E-state index in [1.165, 1.54) is 0 Å². The number of hydrogen-bond acceptors (Lipinski definition) is 5. The molecule has 1 aromatic heterocycles. The van der Waals surface area contributed by atoms with Crippen LogP contribution in [0.5, 0.6) is 11.5 Å². The van der Waals surface area contributed by atoms with Crippen LogP contribution in [0.4, 0.5) is 0 Å². The van der Waals surface area contributed by atoms with Gasteiger partial charge >= 0.3 is 0 Å². The van der Waals surface area contributed by atoms with Crippen LogP contribution >= 0.6 is 11.3 Å². The molecule has 0 saturated carbocycles. The standard InChI is InChI=1S/C13H13NO3S/c15-6-9-8-18-13(14-9)5-10-7-16-11-3-1-2-4-12(11)17-10/h1-4,8,10,15H,5-7H2. The van der Waals surface area contributed by atoms with Crippen molar-refractivity contribution in [2.75, 3.05) is 6.61 Å². The van der Waals surface area contributed by atoms with Crippen molar-refractivity contribution < 1.29 is 14.6 Å². The maximum absolute atomic E-state index is 8.98. The predicted molar refractivity (Wildman–Crippen MR) is 68.1 cm³/mol. The molecule has 1 atom stereocenters. The Morgan fingerprint density at radius 3 is 2.94 bits per heavy atom. The highest BCUT2D eigenvalue weighted by atomic mass is 32.1. The van der Waals surface area contributed by atoms with Gasteiger partial charge < -0.3 is 14.6 Å². The topological polar surface area (TPSA) is 51.6 Å². The van der Waals surface area contributed by atoms with E-state index in [0.717, 1.165) is 16.5 Å². The minimum absolute atomic E-state index is 0.0125. The van der Waals surface area contributed by atoms with Gasteiger partial charge in [0, 0.05) is 11.8 Å². The molecular weight excluding hydrogens is 250 g/mol. The fourth-order valence-corrected chi connectivity index (χ4v) is 2.73. The van der Waals surface area contributed by atoms with Gasteiger partial charge in [0.15, 0.2) is 11.5 Å². The average Bonchev–Trinajstić information content (AvgIpc) is 2.86. The van der Waals surface area contributed by atoms with Crippen LogP contribution in [0.15, 0.2) is 29.6 Å². The number of fused-ring (bicyclic) bond motifs is 1. The molecule has 0 aliphatic carbocycles. The quantitative estimate of drug-likeness (QED) is 0.920. The number of aromatic nitrogens is 1. The monoisotopic (exact) mass is 263 g/mol. The first-order valence-electron chi connectivity index (χ1n) is 5.78. The molecule has 94 valence electrons. The summed E-state index contributed by atoms with van der Waals surface area (Å²) < 4.78 is 11.5. The van der Waals surface area contributed by atoms with Crippen LogP contribution in [-0.2, 0) is 13.0 Å². The Kier molecular flexibility index (Phi) is 3.17. The molecule has 2 heterocycles. The smallest absolute Gasteiger partial charge is 0.161 e. The molecule has 2 aromatic rings. The van der Waals surface area contributed by atoms with Gasteiger partial charge in [-0.1, -0.05) is 12.1 Å². The minimum atomic E-state index is -0.0161. The number of aliphatic hydroxyl groups excluding tert-OH is 1. The van der Waals surface area contributed by atoms with Gasteiger partial charge in [0.2, 0.25) is 0 Å². The molecule has 1 unspecified atom stereocenters. The number of nitrogens with zero attached hydrogens (tertiary/aromatic N) is 1. The summed E-state index contributed by atoms with van der Waals surface area (Å²) in [6.07, 6.45) is 0.691. The summed E-state index contributed by atoms with van der Waals surface area (Å²) in [5, 5.41) is 11.8. The van der Waals surface area contributed by atoms with Crippen LogP contribution in [0.3, 0.4) is 0 Å². The third-order valence-corrected chi connectivity index (χ3v) is 3.65. The minimum Gasteiger partial charge on any atom is -0.486 e. The van der Waals surface area contributed by atoms with Crippen LogP contribution in [0.2, 0.25) is 0 Å². The summed E-state index contributed by atoms with van der Waals surface area (Å²) in [6, 6.07) is 7.66. The largest absolute Gasteiger partial charge is 0.486 e. The number of rotatable bonds is 3. The first-order valence-corrected chi connectivity index (χ1v) is 6.66. The van der Waals surface area contributed by atoms with Crippen molar-refractivity contribution in [2.45, 2.75) is 19.1 Å². The lowest BCUT2D eigenvalue weighted by molar-refractivity contribution is 0.0912. The summed E-state index contributed by atoms with van der Waals surface area (Å²) in [5.74, 6) is 1.58. The summed E-state index contributed by atoms with van der Waals surface area (Å²) in [5.41, 5.74) is 0.715. The zero-order chi connectivity index (χ0) is 12.4. The molecule has 1 N–H and O–H groups in total. The Balaban J connectivity index is 1.69. The van der Waals surface area contributed by atoms with E-state index in [1.54, 1.807) is 11.3 Å². The summed E-state index contributed by atoms with van der Waals surface area (Å²) in [6.45, 7) is 0.520. The molecule has 5 heteroatoms. The van der Waals surface area contributed by atoms with E-state index >= 15 is 0 Å². The van der Waals surface area contributed by atoms with Crippen molar-refractivity contribution in [2.24, 2.45) is 0 Å². The summed E-state index contributed by atoms with van der Waals surface area (Å²) in [7, 11) is 0.